The normalized spacial score (nSPS) is 22.2. The van der Waals surface area contributed by atoms with E-state index in [0.29, 0.717) is 0 Å². The number of hydrogen-bond acceptors (Lipinski definition) is 3. The summed E-state index contributed by atoms with van der Waals surface area (Å²) in [4.78, 5) is 10.6. The number of rotatable bonds is 6. The molecule has 2 rings (SSSR count). The number of nitrogens with zero attached hydrogens (tertiary/aromatic N) is 1. The maximum atomic E-state index is 10.9. The number of nitro groups is 1. The maximum absolute atomic E-state index is 10.9. The Balaban J connectivity index is 1.76. The Hall–Kier alpha value is -1.42. The smallest absolute Gasteiger partial charge is 0.272 e. The molecule has 0 spiro atoms. The number of hydrogen-bond donors (Lipinski definition) is 1. The van der Waals surface area contributed by atoms with Crippen molar-refractivity contribution in [1.29, 1.82) is 0 Å². The van der Waals surface area contributed by atoms with Crippen LogP contribution in [0.2, 0.25) is 0 Å². The van der Waals surface area contributed by atoms with E-state index in [4.69, 9.17) is 0 Å². The zero-order valence-electron chi connectivity index (χ0n) is 13.1. The lowest BCUT2D eigenvalue weighted by Gasteiger charge is -2.26. The second-order valence-electron chi connectivity index (χ2n) is 6.41. The summed E-state index contributed by atoms with van der Waals surface area (Å²) in [5.74, 6) is 1.77. The van der Waals surface area contributed by atoms with Crippen LogP contribution in [0.3, 0.4) is 0 Å². The molecule has 21 heavy (non-hydrogen) atoms. The highest BCUT2D eigenvalue weighted by atomic mass is 16.6. The summed E-state index contributed by atoms with van der Waals surface area (Å²) < 4.78 is 0. The maximum Gasteiger partial charge on any atom is 0.272 e. The van der Waals surface area contributed by atoms with Crippen LogP contribution in [0.25, 0.3) is 0 Å². The van der Waals surface area contributed by atoms with Gasteiger partial charge in [-0.2, -0.15) is 0 Å². The van der Waals surface area contributed by atoms with Crippen LogP contribution in [0.4, 0.5) is 5.69 Å². The predicted octanol–water partition coefficient (Wildman–Crippen LogP) is 4.21. The second kappa shape index (κ2) is 7.55. The van der Waals surface area contributed by atoms with Crippen LogP contribution >= 0.6 is 0 Å². The molecule has 4 heteroatoms. The van der Waals surface area contributed by atoms with Gasteiger partial charge in [0, 0.05) is 18.2 Å². The molecular weight excluding hydrogens is 264 g/mol. The third-order valence-electron chi connectivity index (χ3n) is 4.79. The molecule has 4 nitrogen and oxygen atoms in total. The molecule has 1 fully saturated rings. The first-order valence-corrected chi connectivity index (χ1v) is 8.01. The van der Waals surface area contributed by atoms with Crippen molar-refractivity contribution >= 4 is 5.69 Å². The van der Waals surface area contributed by atoms with E-state index in [1.807, 2.05) is 13.0 Å². The molecular formula is C17H26N2O2. The van der Waals surface area contributed by atoms with E-state index in [2.05, 4.69) is 12.2 Å². The molecule has 0 aromatic heterocycles. The zero-order valence-corrected chi connectivity index (χ0v) is 13.1. The van der Waals surface area contributed by atoms with Crippen molar-refractivity contribution in [2.45, 2.75) is 52.5 Å². The van der Waals surface area contributed by atoms with Gasteiger partial charge in [-0.3, -0.25) is 10.1 Å². The Bertz CT molecular complexity index is 480. The first-order chi connectivity index (χ1) is 10.1. The van der Waals surface area contributed by atoms with Crippen LogP contribution in [0.1, 0.15) is 50.2 Å². The quantitative estimate of drug-likeness (QED) is 0.485. The molecule has 0 amide bonds. The summed E-state index contributed by atoms with van der Waals surface area (Å²) >= 11 is 0. The molecule has 0 aliphatic heterocycles. The minimum absolute atomic E-state index is 0.218. The van der Waals surface area contributed by atoms with Crippen molar-refractivity contribution in [1.82, 2.24) is 5.32 Å². The molecule has 1 aliphatic rings. The first kappa shape index (κ1) is 16.0. The van der Waals surface area contributed by atoms with Crippen LogP contribution in [-0.2, 0) is 6.54 Å². The van der Waals surface area contributed by atoms with Crippen LogP contribution in [-0.4, -0.2) is 11.5 Å². The number of benzene rings is 1. The van der Waals surface area contributed by atoms with Gasteiger partial charge in [0.1, 0.15) is 0 Å². The topological polar surface area (TPSA) is 55.2 Å². The highest BCUT2D eigenvalue weighted by Gasteiger charge is 2.17. The van der Waals surface area contributed by atoms with E-state index >= 15 is 0 Å². The Morgan fingerprint density at radius 2 is 2.00 bits per heavy atom. The molecule has 1 aliphatic carbocycles. The summed E-state index contributed by atoms with van der Waals surface area (Å²) in [6.45, 7) is 5.90. The Labute approximate surface area is 127 Å². The summed E-state index contributed by atoms with van der Waals surface area (Å²) in [5.41, 5.74) is 2.03. The van der Waals surface area contributed by atoms with Crippen LogP contribution in [0.15, 0.2) is 18.2 Å². The van der Waals surface area contributed by atoms with E-state index in [1.54, 1.807) is 12.1 Å². The molecule has 0 atom stereocenters. The minimum Gasteiger partial charge on any atom is -0.313 e. The summed E-state index contributed by atoms with van der Waals surface area (Å²) in [7, 11) is 0. The summed E-state index contributed by atoms with van der Waals surface area (Å²) in [5, 5.41) is 14.4. The third-order valence-corrected chi connectivity index (χ3v) is 4.79. The predicted molar refractivity (Wildman–Crippen MR) is 85.3 cm³/mol. The fourth-order valence-corrected chi connectivity index (χ4v) is 3.21. The third kappa shape index (κ3) is 4.53. The van der Waals surface area contributed by atoms with Gasteiger partial charge in [-0.05, 0) is 37.3 Å². The Kier molecular flexibility index (Phi) is 5.74. The van der Waals surface area contributed by atoms with Gasteiger partial charge in [0.15, 0.2) is 0 Å². The van der Waals surface area contributed by atoms with E-state index < -0.39 is 0 Å². The fourth-order valence-electron chi connectivity index (χ4n) is 3.21. The van der Waals surface area contributed by atoms with Crippen molar-refractivity contribution in [3.63, 3.8) is 0 Å². The van der Waals surface area contributed by atoms with Gasteiger partial charge in [0.05, 0.1) is 4.92 Å². The van der Waals surface area contributed by atoms with Gasteiger partial charge in [-0.1, -0.05) is 44.7 Å². The molecule has 0 unspecified atom stereocenters. The van der Waals surface area contributed by atoms with Gasteiger partial charge < -0.3 is 5.32 Å². The lowest BCUT2D eigenvalue weighted by Crippen LogP contribution is -2.21. The van der Waals surface area contributed by atoms with E-state index in [-0.39, 0.29) is 10.6 Å². The van der Waals surface area contributed by atoms with Crippen LogP contribution < -0.4 is 5.32 Å². The van der Waals surface area contributed by atoms with Gasteiger partial charge in [-0.15, -0.1) is 0 Å². The highest BCUT2D eigenvalue weighted by Crippen LogP contribution is 2.30. The first-order valence-electron chi connectivity index (χ1n) is 8.01. The monoisotopic (exact) mass is 290 g/mol. The minimum atomic E-state index is -0.304. The lowest BCUT2D eigenvalue weighted by atomic mass is 9.81. The Morgan fingerprint density at radius 1 is 1.29 bits per heavy atom. The molecule has 0 saturated heterocycles. The van der Waals surface area contributed by atoms with E-state index in [1.165, 1.54) is 32.1 Å². The zero-order chi connectivity index (χ0) is 15.2. The van der Waals surface area contributed by atoms with Crippen molar-refractivity contribution < 1.29 is 4.92 Å². The van der Waals surface area contributed by atoms with Gasteiger partial charge >= 0.3 is 0 Å². The highest BCUT2D eigenvalue weighted by molar-refractivity contribution is 5.44. The molecule has 0 heterocycles. The standard InChI is InChI=1S/C17H26N2O2/c1-13-6-8-15(9-7-13)10-11-18-12-16-4-3-5-17(14(16)2)19(20)21/h3-5,13,15,18H,6-12H2,1-2H3. The number of nitro benzene ring substituents is 1. The largest absolute Gasteiger partial charge is 0.313 e. The molecule has 1 saturated carbocycles. The van der Waals surface area contributed by atoms with Crippen molar-refractivity contribution in [2.24, 2.45) is 11.8 Å². The van der Waals surface area contributed by atoms with Crippen LogP contribution in [0.5, 0.6) is 0 Å². The van der Waals surface area contributed by atoms with Crippen molar-refractivity contribution in [3.8, 4) is 0 Å². The Morgan fingerprint density at radius 3 is 2.67 bits per heavy atom. The second-order valence-corrected chi connectivity index (χ2v) is 6.41. The average molecular weight is 290 g/mol. The number of nitrogens with one attached hydrogen (secondary N) is 1. The molecule has 116 valence electrons. The van der Waals surface area contributed by atoms with Crippen molar-refractivity contribution in [3.05, 3.63) is 39.4 Å². The molecule has 0 radical (unpaired) electrons. The van der Waals surface area contributed by atoms with E-state index in [0.717, 1.165) is 36.1 Å². The van der Waals surface area contributed by atoms with E-state index in [9.17, 15) is 10.1 Å². The summed E-state index contributed by atoms with van der Waals surface area (Å²) in [6, 6.07) is 5.31. The molecule has 1 aromatic carbocycles. The summed E-state index contributed by atoms with van der Waals surface area (Å²) in [6.07, 6.45) is 6.68. The van der Waals surface area contributed by atoms with Gasteiger partial charge in [0.2, 0.25) is 0 Å². The average Bonchev–Trinajstić information content (AvgIpc) is 2.46. The lowest BCUT2D eigenvalue weighted by molar-refractivity contribution is -0.385. The molecule has 1 aromatic rings. The molecule has 1 N–H and O–H groups in total. The van der Waals surface area contributed by atoms with Gasteiger partial charge in [0.25, 0.3) is 5.69 Å². The van der Waals surface area contributed by atoms with Crippen LogP contribution in [0, 0.1) is 28.9 Å². The van der Waals surface area contributed by atoms with Gasteiger partial charge in [-0.25, -0.2) is 0 Å². The molecule has 0 bridgehead atoms. The fraction of sp³-hybridized carbons (Fsp3) is 0.647. The van der Waals surface area contributed by atoms with Crippen molar-refractivity contribution in [2.75, 3.05) is 6.54 Å². The SMILES string of the molecule is Cc1c(CNCCC2CCC(C)CC2)cccc1[N+](=O)[O-].